The maximum atomic E-state index is 12.3. The lowest BCUT2D eigenvalue weighted by Gasteiger charge is -2.14. The average molecular weight is 342 g/mol. The smallest absolute Gasteiger partial charge is 0.232 e. The van der Waals surface area contributed by atoms with E-state index in [1.165, 1.54) is 12.8 Å². The van der Waals surface area contributed by atoms with Crippen LogP contribution in [0.1, 0.15) is 42.7 Å². The van der Waals surface area contributed by atoms with E-state index in [0.29, 0.717) is 17.5 Å². The van der Waals surface area contributed by atoms with Crippen molar-refractivity contribution in [3.05, 3.63) is 58.6 Å². The first kappa shape index (κ1) is 15.5. The Morgan fingerprint density at radius 2 is 1.83 bits per heavy atom. The third-order valence-electron chi connectivity index (χ3n) is 4.93. The quantitative estimate of drug-likeness (QED) is 0.855. The molecular weight excluding hydrogens is 322 g/mol. The predicted molar refractivity (Wildman–Crippen MR) is 95.9 cm³/mol. The number of rotatable bonds is 4. The molecule has 0 radical (unpaired) electrons. The summed E-state index contributed by atoms with van der Waals surface area (Å²) < 4.78 is 6.00. The Morgan fingerprint density at radius 1 is 1.08 bits per heavy atom. The molecule has 0 aromatic heterocycles. The first-order valence-electron chi connectivity index (χ1n) is 8.55. The molecule has 124 valence electrons. The molecule has 0 spiro atoms. The van der Waals surface area contributed by atoms with E-state index in [2.05, 4.69) is 17.4 Å². The van der Waals surface area contributed by atoms with Gasteiger partial charge in [-0.15, -0.1) is 0 Å². The highest BCUT2D eigenvalue weighted by Crippen LogP contribution is 2.36. The van der Waals surface area contributed by atoms with Crippen molar-refractivity contribution in [3.63, 3.8) is 0 Å². The molecule has 1 N–H and O–H groups in total. The van der Waals surface area contributed by atoms with Crippen molar-refractivity contribution in [2.24, 2.45) is 0 Å². The van der Waals surface area contributed by atoms with Gasteiger partial charge in [-0.05, 0) is 73.6 Å². The number of halogens is 1. The zero-order valence-corrected chi connectivity index (χ0v) is 14.2. The standard InChI is InChI=1S/C20H20ClNO2/c21-14-7-10-19-17(12-14)18(20(23)22-19)11-13-5-8-16(9-6-13)24-15-3-1-2-4-15/h5-10,12,15,18H,1-4,11H2,(H,22,23)/t18-/m1/s1. The topological polar surface area (TPSA) is 38.3 Å². The van der Waals surface area contributed by atoms with Gasteiger partial charge >= 0.3 is 0 Å². The summed E-state index contributed by atoms with van der Waals surface area (Å²) in [6, 6.07) is 13.7. The van der Waals surface area contributed by atoms with Crippen LogP contribution in [0.5, 0.6) is 5.75 Å². The summed E-state index contributed by atoms with van der Waals surface area (Å²) in [6.45, 7) is 0. The molecule has 4 heteroatoms. The lowest BCUT2D eigenvalue weighted by Crippen LogP contribution is -2.14. The monoisotopic (exact) mass is 341 g/mol. The van der Waals surface area contributed by atoms with Crippen molar-refractivity contribution in [2.45, 2.75) is 44.1 Å². The molecule has 2 aliphatic rings. The first-order chi connectivity index (χ1) is 11.7. The summed E-state index contributed by atoms with van der Waals surface area (Å²) in [7, 11) is 0. The number of nitrogens with one attached hydrogen (secondary N) is 1. The van der Waals surface area contributed by atoms with Crippen molar-refractivity contribution in [3.8, 4) is 5.75 Å². The summed E-state index contributed by atoms with van der Waals surface area (Å²) >= 11 is 6.09. The van der Waals surface area contributed by atoms with Crippen LogP contribution in [-0.2, 0) is 11.2 Å². The second-order valence-electron chi connectivity index (χ2n) is 6.65. The maximum Gasteiger partial charge on any atom is 0.232 e. The minimum Gasteiger partial charge on any atom is -0.490 e. The van der Waals surface area contributed by atoms with Crippen molar-refractivity contribution >= 4 is 23.2 Å². The summed E-state index contributed by atoms with van der Waals surface area (Å²) in [5, 5.41) is 3.59. The molecular formula is C20H20ClNO2. The predicted octanol–water partition coefficient (Wildman–Crippen LogP) is 4.94. The van der Waals surface area contributed by atoms with Crippen molar-refractivity contribution < 1.29 is 9.53 Å². The maximum absolute atomic E-state index is 12.3. The molecule has 4 rings (SSSR count). The average Bonchev–Trinajstić information content (AvgIpc) is 3.18. The van der Waals surface area contributed by atoms with E-state index in [-0.39, 0.29) is 11.8 Å². The highest BCUT2D eigenvalue weighted by Gasteiger charge is 2.30. The number of benzene rings is 2. The number of carbonyl (C=O) groups excluding carboxylic acids is 1. The normalized spacial score (nSPS) is 20.0. The Hall–Kier alpha value is -2.00. The lowest BCUT2D eigenvalue weighted by molar-refractivity contribution is -0.117. The van der Waals surface area contributed by atoms with E-state index in [4.69, 9.17) is 16.3 Å². The van der Waals surface area contributed by atoms with Crippen LogP contribution in [-0.4, -0.2) is 12.0 Å². The Morgan fingerprint density at radius 3 is 2.58 bits per heavy atom. The molecule has 1 saturated carbocycles. The van der Waals surface area contributed by atoms with E-state index < -0.39 is 0 Å². The lowest BCUT2D eigenvalue weighted by atomic mass is 9.93. The molecule has 2 aromatic rings. The molecule has 1 fully saturated rings. The highest BCUT2D eigenvalue weighted by molar-refractivity contribution is 6.31. The zero-order valence-electron chi connectivity index (χ0n) is 13.4. The van der Waals surface area contributed by atoms with E-state index in [0.717, 1.165) is 35.4 Å². The molecule has 0 unspecified atom stereocenters. The Labute approximate surface area is 147 Å². The molecule has 1 aliphatic heterocycles. The third kappa shape index (κ3) is 3.13. The molecule has 1 atom stereocenters. The van der Waals surface area contributed by atoms with E-state index in [1.54, 1.807) is 6.07 Å². The fourth-order valence-electron chi connectivity index (χ4n) is 3.64. The number of fused-ring (bicyclic) bond motifs is 1. The van der Waals surface area contributed by atoms with Gasteiger partial charge in [-0.2, -0.15) is 0 Å². The highest BCUT2D eigenvalue weighted by atomic mass is 35.5. The van der Waals surface area contributed by atoms with Gasteiger partial charge in [0.25, 0.3) is 0 Å². The molecule has 3 nitrogen and oxygen atoms in total. The van der Waals surface area contributed by atoms with Crippen molar-refractivity contribution in [1.29, 1.82) is 0 Å². The van der Waals surface area contributed by atoms with E-state index in [9.17, 15) is 4.79 Å². The van der Waals surface area contributed by atoms with Gasteiger partial charge in [-0.25, -0.2) is 0 Å². The van der Waals surface area contributed by atoms with Gasteiger partial charge in [0.2, 0.25) is 5.91 Å². The van der Waals surface area contributed by atoms with Crippen LogP contribution in [0.15, 0.2) is 42.5 Å². The molecule has 2 aromatic carbocycles. The van der Waals surface area contributed by atoms with Gasteiger partial charge < -0.3 is 10.1 Å². The van der Waals surface area contributed by atoms with E-state index >= 15 is 0 Å². The summed E-state index contributed by atoms with van der Waals surface area (Å²) in [5.41, 5.74) is 2.98. The Balaban J connectivity index is 1.47. The zero-order chi connectivity index (χ0) is 16.5. The second kappa shape index (κ2) is 6.48. The molecule has 1 aliphatic carbocycles. The number of ether oxygens (including phenoxy) is 1. The molecule has 1 amide bonds. The minimum absolute atomic E-state index is 0.0403. The number of anilines is 1. The van der Waals surface area contributed by atoms with Crippen LogP contribution >= 0.6 is 11.6 Å². The fraction of sp³-hybridized carbons (Fsp3) is 0.350. The van der Waals surface area contributed by atoms with Gasteiger partial charge in [0.1, 0.15) is 5.75 Å². The Kier molecular flexibility index (Phi) is 4.19. The van der Waals surface area contributed by atoms with Gasteiger partial charge in [0.15, 0.2) is 0 Å². The first-order valence-corrected chi connectivity index (χ1v) is 8.93. The van der Waals surface area contributed by atoms with Crippen LogP contribution in [0.2, 0.25) is 5.02 Å². The SMILES string of the molecule is O=C1Nc2ccc(Cl)cc2[C@H]1Cc1ccc(OC2CCCC2)cc1. The van der Waals surface area contributed by atoms with Crippen molar-refractivity contribution in [2.75, 3.05) is 5.32 Å². The third-order valence-corrected chi connectivity index (χ3v) is 5.17. The number of carbonyl (C=O) groups is 1. The van der Waals surface area contributed by atoms with Gasteiger partial charge in [0.05, 0.1) is 12.0 Å². The van der Waals surface area contributed by atoms with Gasteiger partial charge in [-0.3, -0.25) is 4.79 Å². The molecule has 0 saturated heterocycles. The van der Waals surface area contributed by atoms with Crippen molar-refractivity contribution in [1.82, 2.24) is 0 Å². The van der Waals surface area contributed by atoms with Crippen LogP contribution in [0.4, 0.5) is 5.69 Å². The van der Waals surface area contributed by atoms with Crippen LogP contribution in [0.3, 0.4) is 0 Å². The fourth-order valence-corrected chi connectivity index (χ4v) is 3.82. The summed E-state index contributed by atoms with van der Waals surface area (Å²) in [6.07, 6.45) is 5.88. The van der Waals surface area contributed by atoms with E-state index in [1.807, 2.05) is 24.3 Å². The van der Waals surface area contributed by atoms with Gasteiger partial charge in [0, 0.05) is 10.7 Å². The van der Waals surface area contributed by atoms with Crippen LogP contribution in [0, 0.1) is 0 Å². The second-order valence-corrected chi connectivity index (χ2v) is 7.08. The minimum atomic E-state index is -0.180. The molecule has 24 heavy (non-hydrogen) atoms. The number of hydrogen-bond acceptors (Lipinski definition) is 2. The largest absolute Gasteiger partial charge is 0.490 e. The number of hydrogen-bond donors (Lipinski definition) is 1. The molecule has 0 bridgehead atoms. The molecule has 1 heterocycles. The van der Waals surface area contributed by atoms with Crippen LogP contribution in [0.25, 0.3) is 0 Å². The summed E-state index contributed by atoms with van der Waals surface area (Å²) in [5.74, 6) is 0.781. The Bertz CT molecular complexity index is 751. The van der Waals surface area contributed by atoms with Crippen LogP contribution < -0.4 is 10.1 Å². The van der Waals surface area contributed by atoms with Gasteiger partial charge in [-0.1, -0.05) is 23.7 Å². The number of amides is 1. The summed E-state index contributed by atoms with van der Waals surface area (Å²) in [4.78, 5) is 12.3.